The number of alkyl halides is 3. The summed E-state index contributed by atoms with van der Waals surface area (Å²) >= 11 is 0. The average Bonchev–Trinajstić information content (AvgIpc) is 2.32. The lowest BCUT2D eigenvalue weighted by molar-refractivity contribution is -0.154. The fourth-order valence-electron chi connectivity index (χ4n) is 1.12. The summed E-state index contributed by atoms with van der Waals surface area (Å²) in [7, 11) is 0. The number of aliphatic hydroxyl groups is 1. The van der Waals surface area contributed by atoms with E-state index in [0.717, 1.165) is 5.69 Å². The molecule has 1 heterocycles. The van der Waals surface area contributed by atoms with Gasteiger partial charge in [-0.15, -0.1) is 0 Å². The Morgan fingerprint density at radius 1 is 1.57 bits per heavy atom. The summed E-state index contributed by atoms with van der Waals surface area (Å²) in [5.74, 6) is 0. The van der Waals surface area contributed by atoms with Crippen LogP contribution in [-0.4, -0.2) is 27.2 Å². The molecule has 0 aromatic carbocycles. The molecule has 0 bridgehead atoms. The molecule has 0 fully saturated rings. The van der Waals surface area contributed by atoms with E-state index in [1.54, 1.807) is 13.0 Å². The second-order valence-electron chi connectivity index (χ2n) is 3.13. The van der Waals surface area contributed by atoms with E-state index in [9.17, 15) is 13.2 Å². The highest BCUT2D eigenvalue weighted by molar-refractivity contribution is 4.96. The average molecular weight is 208 g/mol. The van der Waals surface area contributed by atoms with Gasteiger partial charge in [-0.25, -0.2) is 0 Å². The van der Waals surface area contributed by atoms with Gasteiger partial charge >= 0.3 is 6.18 Å². The smallest absolute Gasteiger partial charge is 0.391 e. The van der Waals surface area contributed by atoms with Crippen LogP contribution in [-0.2, 0) is 6.54 Å². The summed E-state index contributed by atoms with van der Waals surface area (Å²) in [4.78, 5) is 0. The predicted octanol–water partition coefficient (Wildman–Crippen LogP) is 1.50. The summed E-state index contributed by atoms with van der Waals surface area (Å²) in [6.07, 6.45) is -5.49. The van der Waals surface area contributed by atoms with Crippen LogP contribution < -0.4 is 0 Å². The van der Waals surface area contributed by atoms with Crippen LogP contribution in [0.3, 0.4) is 0 Å². The minimum Gasteiger partial charge on any atom is -0.391 e. The van der Waals surface area contributed by atoms with Gasteiger partial charge in [0.1, 0.15) is 0 Å². The first-order valence-corrected chi connectivity index (χ1v) is 4.12. The van der Waals surface area contributed by atoms with E-state index in [-0.39, 0.29) is 6.54 Å². The maximum atomic E-state index is 11.8. The molecule has 0 amide bonds. The monoisotopic (exact) mass is 208 g/mol. The van der Waals surface area contributed by atoms with Gasteiger partial charge in [-0.2, -0.15) is 18.3 Å². The maximum absolute atomic E-state index is 11.8. The van der Waals surface area contributed by atoms with Crippen LogP contribution in [0, 0.1) is 6.92 Å². The molecular formula is C8H11F3N2O. The number of hydrogen-bond acceptors (Lipinski definition) is 2. The van der Waals surface area contributed by atoms with Crippen molar-refractivity contribution in [2.75, 3.05) is 0 Å². The lowest BCUT2D eigenvalue weighted by Crippen LogP contribution is -2.24. The van der Waals surface area contributed by atoms with Gasteiger partial charge in [-0.1, -0.05) is 0 Å². The molecule has 0 spiro atoms. The number of rotatable bonds is 3. The molecular weight excluding hydrogens is 197 g/mol. The summed E-state index contributed by atoms with van der Waals surface area (Å²) in [6.45, 7) is 1.59. The van der Waals surface area contributed by atoms with Crippen LogP contribution in [0.15, 0.2) is 12.3 Å². The van der Waals surface area contributed by atoms with Crippen molar-refractivity contribution in [1.29, 1.82) is 0 Å². The van der Waals surface area contributed by atoms with E-state index in [0.29, 0.717) is 0 Å². The van der Waals surface area contributed by atoms with Crippen molar-refractivity contribution in [3.8, 4) is 0 Å². The number of aryl methyl sites for hydroxylation is 1. The van der Waals surface area contributed by atoms with E-state index in [1.165, 1.54) is 10.9 Å². The second kappa shape index (κ2) is 4.00. The van der Waals surface area contributed by atoms with Crippen molar-refractivity contribution in [3.63, 3.8) is 0 Å². The summed E-state index contributed by atoms with van der Waals surface area (Å²) in [5.41, 5.74) is 0.728. The van der Waals surface area contributed by atoms with Crippen molar-refractivity contribution in [3.05, 3.63) is 18.0 Å². The van der Waals surface area contributed by atoms with Gasteiger partial charge < -0.3 is 5.11 Å². The predicted molar refractivity (Wildman–Crippen MR) is 43.6 cm³/mol. The first-order chi connectivity index (χ1) is 6.38. The first kappa shape index (κ1) is 11.0. The Hall–Kier alpha value is -1.04. The molecule has 1 atom stereocenters. The third-order valence-corrected chi connectivity index (χ3v) is 1.78. The highest BCUT2D eigenvalue weighted by atomic mass is 19.4. The Balaban J connectivity index is 2.50. The molecule has 14 heavy (non-hydrogen) atoms. The minimum absolute atomic E-state index is 0.127. The molecule has 0 aliphatic rings. The van der Waals surface area contributed by atoms with Crippen LogP contribution in [0.25, 0.3) is 0 Å². The van der Waals surface area contributed by atoms with Crippen molar-refractivity contribution < 1.29 is 18.3 Å². The zero-order valence-electron chi connectivity index (χ0n) is 7.62. The van der Waals surface area contributed by atoms with Crippen LogP contribution in [0.4, 0.5) is 13.2 Å². The number of hydrogen-bond donors (Lipinski definition) is 1. The van der Waals surface area contributed by atoms with E-state index < -0.39 is 18.7 Å². The number of nitrogens with zero attached hydrogens (tertiary/aromatic N) is 2. The van der Waals surface area contributed by atoms with Crippen LogP contribution in [0.5, 0.6) is 0 Å². The lowest BCUT2D eigenvalue weighted by atomic mass is 10.2. The quantitative estimate of drug-likeness (QED) is 0.817. The van der Waals surface area contributed by atoms with Crippen LogP contribution in [0.1, 0.15) is 12.1 Å². The second-order valence-corrected chi connectivity index (χ2v) is 3.13. The van der Waals surface area contributed by atoms with Crippen molar-refractivity contribution >= 4 is 0 Å². The Labute approximate surface area is 79.2 Å². The number of halogens is 3. The molecule has 0 aliphatic heterocycles. The molecule has 3 nitrogen and oxygen atoms in total. The van der Waals surface area contributed by atoms with Crippen molar-refractivity contribution in [2.45, 2.75) is 32.2 Å². The van der Waals surface area contributed by atoms with E-state index in [4.69, 9.17) is 5.11 Å². The largest absolute Gasteiger partial charge is 0.391 e. The Morgan fingerprint density at radius 2 is 2.21 bits per heavy atom. The van der Waals surface area contributed by atoms with Crippen LogP contribution in [0.2, 0.25) is 0 Å². The van der Waals surface area contributed by atoms with Gasteiger partial charge in [0.2, 0.25) is 0 Å². The molecule has 0 aliphatic carbocycles. The van der Waals surface area contributed by atoms with Gasteiger partial charge in [-0.05, 0) is 13.0 Å². The Bertz CT molecular complexity index is 295. The van der Waals surface area contributed by atoms with Gasteiger partial charge in [0.15, 0.2) is 0 Å². The maximum Gasteiger partial charge on any atom is 0.391 e. The molecule has 0 saturated heterocycles. The van der Waals surface area contributed by atoms with Gasteiger partial charge in [0, 0.05) is 11.9 Å². The molecule has 1 aromatic rings. The molecule has 1 unspecified atom stereocenters. The van der Waals surface area contributed by atoms with Gasteiger partial charge in [-0.3, -0.25) is 4.68 Å². The number of aromatic nitrogens is 2. The third kappa shape index (κ3) is 3.37. The Kier molecular flexibility index (Phi) is 3.15. The lowest BCUT2D eigenvalue weighted by Gasteiger charge is -2.13. The zero-order valence-corrected chi connectivity index (χ0v) is 7.62. The number of aliphatic hydroxyl groups excluding tert-OH is 1. The molecule has 0 radical (unpaired) electrons. The normalized spacial score (nSPS) is 14.4. The molecule has 1 rings (SSSR count). The first-order valence-electron chi connectivity index (χ1n) is 4.12. The van der Waals surface area contributed by atoms with E-state index in [1.807, 2.05) is 0 Å². The summed E-state index contributed by atoms with van der Waals surface area (Å²) in [6, 6.07) is 1.67. The molecule has 0 saturated carbocycles. The van der Waals surface area contributed by atoms with Crippen LogP contribution >= 0.6 is 0 Å². The van der Waals surface area contributed by atoms with Gasteiger partial charge in [0.25, 0.3) is 0 Å². The minimum atomic E-state index is -4.33. The SMILES string of the molecule is Cc1ccnn1CC(O)CC(F)(F)F. The summed E-state index contributed by atoms with van der Waals surface area (Å²) in [5, 5.41) is 12.9. The molecule has 1 N–H and O–H groups in total. The van der Waals surface area contributed by atoms with E-state index in [2.05, 4.69) is 5.10 Å². The van der Waals surface area contributed by atoms with Crippen molar-refractivity contribution in [2.24, 2.45) is 0 Å². The standard InChI is InChI=1S/C8H11F3N2O/c1-6-2-3-12-13(6)5-7(14)4-8(9,10)11/h2-3,7,14H,4-5H2,1H3. The van der Waals surface area contributed by atoms with E-state index >= 15 is 0 Å². The summed E-state index contributed by atoms with van der Waals surface area (Å²) < 4.78 is 36.9. The topological polar surface area (TPSA) is 38.0 Å². The fraction of sp³-hybridized carbons (Fsp3) is 0.625. The fourth-order valence-corrected chi connectivity index (χ4v) is 1.12. The van der Waals surface area contributed by atoms with Crippen molar-refractivity contribution in [1.82, 2.24) is 9.78 Å². The third-order valence-electron chi connectivity index (χ3n) is 1.78. The zero-order chi connectivity index (χ0) is 10.8. The molecule has 1 aromatic heterocycles. The molecule has 6 heteroatoms. The van der Waals surface area contributed by atoms with Gasteiger partial charge in [0.05, 0.1) is 19.1 Å². The highest BCUT2D eigenvalue weighted by Gasteiger charge is 2.31. The molecule has 80 valence electrons. The highest BCUT2D eigenvalue weighted by Crippen LogP contribution is 2.22. The Morgan fingerprint density at radius 3 is 2.64 bits per heavy atom.